The zero-order valence-corrected chi connectivity index (χ0v) is 11.3. The van der Waals surface area contributed by atoms with Gasteiger partial charge >= 0.3 is 0 Å². The molecule has 0 bridgehead atoms. The van der Waals surface area contributed by atoms with E-state index in [4.69, 9.17) is 4.74 Å². The summed E-state index contributed by atoms with van der Waals surface area (Å²) in [5.41, 5.74) is 2.45. The maximum absolute atomic E-state index is 5.38. The number of fused-ring (bicyclic) bond motifs is 1. The van der Waals surface area contributed by atoms with Crippen LogP contribution in [-0.2, 0) is 0 Å². The van der Waals surface area contributed by atoms with Crippen LogP contribution in [0, 0.1) is 0 Å². The molecule has 3 rings (SSSR count). The van der Waals surface area contributed by atoms with Gasteiger partial charge in [-0.2, -0.15) is 0 Å². The maximum atomic E-state index is 5.38. The van der Waals surface area contributed by atoms with Crippen LogP contribution in [-0.4, -0.2) is 29.1 Å². The van der Waals surface area contributed by atoms with Gasteiger partial charge in [-0.05, 0) is 12.1 Å². The zero-order valence-electron chi connectivity index (χ0n) is 11.3. The first-order valence-corrected chi connectivity index (χ1v) is 6.26. The van der Waals surface area contributed by atoms with Crippen molar-refractivity contribution in [1.29, 1.82) is 0 Å². The van der Waals surface area contributed by atoms with Gasteiger partial charge in [-0.3, -0.25) is 4.98 Å². The number of hydrogen-bond acceptors (Lipinski definition) is 5. The van der Waals surface area contributed by atoms with Crippen molar-refractivity contribution in [2.75, 3.05) is 19.5 Å². The molecule has 1 N–H and O–H groups in total. The number of nitrogens with one attached hydrogen (secondary N) is 1. The van der Waals surface area contributed by atoms with Crippen LogP contribution in [0.15, 0.2) is 42.7 Å². The third-order valence-corrected chi connectivity index (χ3v) is 3.05. The van der Waals surface area contributed by atoms with E-state index in [1.165, 1.54) is 0 Å². The molecule has 0 fully saturated rings. The number of pyridine rings is 1. The Morgan fingerprint density at radius 3 is 2.75 bits per heavy atom. The number of rotatable bonds is 3. The first kappa shape index (κ1) is 12.3. The molecule has 0 saturated heterocycles. The van der Waals surface area contributed by atoms with Gasteiger partial charge in [0.15, 0.2) is 0 Å². The monoisotopic (exact) mass is 266 g/mol. The number of benzene rings is 1. The van der Waals surface area contributed by atoms with Crippen molar-refractivity contribution in [1.82, 2.24) is 15.0 Å². The summed E-state index contributed by atoms with van der Waals surface area (Å²) in [6.07, 6.45) is 3.37. The predicted octanol–water partition coefficient (Wildman–Crippen LogP) is 2.74. The summed E-state index contributed by atoms with van der Waals surface area (Å²) in [5.74, 6) is 1.25. The van der Waals surface area contributed by atoms with Crippen molar-refractivity contribution in [3.8, 4) is 17.1 Å². The normalized spacial score (nSPS) is 10.5. The summed E-state index contributed by atoms with van der Waals surface area (Å²) in [6.45, 7) is 0. The lowest BCUT2D eigenvalue weighted by Gasteiger charge is -2.09. The van der Waals surface area contributed by atoms with E-state index in [9.17, 15) is 0 Å². The second-order valence-electron chi connectivity index (χ2n) is 4.28. The Balaban J connectivity index is 2.22. The Morgan fingerprint density at radius 1 is 1.10 bits per heavy atom. The molecule has 0 atom stereocenters. The SMILES string of the molecule is CNc1cncc(-c2cc3ccccc3nc2OC)n1. The van der Waals surface area contributed by atoms with Gasteiger partial charge in [0.1, 0.15) is 5.82 Å². The molecular formula is C15H14N4O. The molecule has 3 aromatic rings. The van der Waals surface area contributed by atoms with Gasteiger partial charge in [-0.1, -0.05) is 18.2 Å². The molecule has 2 aromatic heterocycles. The van der Waals surface area contributed by atoms with Crippen LogP contribution < -0.4 is 10.1 Å². The lowest BCUT2D eigenvalue weighted by atomic mass is 10.1. The van der Waals surface area contributed by atoms with Crippen molar-refractivity contribution < 1.29 is 4.74 Å². The molecule has 0 radical (unpaired) electrons. The highest BCUT2D eigenvalue weighted by Gasteiger charge is 2.11. The molecule has 5 nitrogen and oxygen atoms in total. The van der Waals surface area contributed by atoms with E-state index in [2.05, 4.69) is 20.3 Å². The number of para-hydroxylation sites is 1. The maximum Gasteiger partial charge on any atom is 0.223 e. The lowest BCUT2D eigenvalue weighted by Crippen LogP contribution is -1.98. The Morgan fingerprint density at radius 2 is 1.95 bits per heavy atom. The van der Waals surface area contributed by atoms with Gasteiger partial charge in [-0.25, -0.2) is 9.97 Å². The fourth-order valence-corrected chi connectivity index (χ4v) is 2.05. The van der Waals surface area contributed by atoms with Crippen LogP contribution in [0.3, 0.4) is 0 Å². The second-order valence-corrected chi connectivity index (χ2v) is 4.28. The third-order valence-electron chi connectivity index (χ3n) is 3.05. The number of hydrogen-bond donors (Lipinski definition) is 1. The van der Waals surface area contributed by atoms with E-state index < -0.39 is 0 Å². The van der Waals surface area contributed by atoms with Crippen molar-refractivity contribution in [2.45, 2.75) is 0 Å². The van der Waals surface area contributed by atoms with Gasteiger partial charge in [0.05, 0.1) is 36.3 Å². The Labute approximate surface area is 116 Å². The minimum atomic E-state index is 0.547. The van der Waals surface area contributed by atoms with Gasteiger partial charge in [-0.15, -0.1) is 0 Å². The minimum Gasteiger partial charge on any atom is -0.480 e. The van der Waals surface area contributed by atoms with E-state index in [0.29, 0.717) is 11.7 Å². The van der Waals surface area contributed by atoms with Gasteiger partial charge in [0.2, 0.25) is 5.88 Å². The van der Waals surface area contributed by atoms with Crippen molar-refractivity contribution in [3.63, 3.8) is 0 Å². The highest BCUT2D eigenvalue weighted by molar-refractivity contribution is 5.85. The average molecular weight is 266 g/mol. The van der Waals surface area contributed by atoms with Crippen LogP contribution in [0.1, 0.15) is 0 Å². The topological polar surface area (TPSA) is 59.9 Å². The third kappa shape index (κ3) is 2.14. The molecule has 0 aliphatic rings. The molecule has 0 aliphatic carbocycles. The molecule has 20 heavy (non-hydrogen) atoms. The summed E-state index contributed by atoms with van der Waals surface area (Å²) in [4.78, 5) is 13.2. The number of nitrogens with zero attached hydrogens (tertiary/aromatic N) is 3. The van der Waals surface area contributed by atoms with Crippen molar-refractivity contribution >= 4 is 16.7 Å². The van der Waals surface area contributed by atoms with Crippen LogP contribution in [0.25, 0.3) is 22.2 Å². The summed E-state index contributed by atoms with van der Waals surface area (Å²) >= 11 is 0. The average Bonchev–Trinajstić information content (AvgIpc) is 2.53. The lowest BCUT2D eigenvalue weighted by molar-refractivity contribution is 0.401. The Hall–Kier alpha value is -2.69. The first-order chi connectivity index (χ1) is 9.81. The molecule has 0 aliphatic heterocycles. The highest BCUT2D eigenvalue weighted by Crippen LogP contribution is 2.30. The molecule has 2 heterocycles. The van der Waals surface area contributed by atoms with Crippen LogP contribution in [0.5, 0.6) is 5.88 Å². The molecule has 0 saturated carbocycles. The summed E-state index contributed by atoms with van der Waals surface area (Å²) < 4.78 is 5.38. The van der Waals surface area contributed by atoms with E-state index in [0.717, 1.165) is 22.2 Å². The van der Waals surface area contributed by atoms with E-state index in [1.807, 2.05) is 37.4 Å². The molecule has 5 heteroatoms. The van der Waals surface area contributed by atoms with E-state index in [-0.39, 0.29) is 0 Å². The molecule has 1 aromatic carbocycles. The second kappa shape index (κ2) is 5.13. The predicted molar refractivity (Wildman–Crippen MR) is 78.9 cm³/mol. The summed E-state index contributed by atoms with van der Waals surface area (Å²) in [5, 5.41) is 4.02. The van der Waals surface area contributed by atoms with E-state index >= 15 is 0 Å². The summed E-state index contributed by atoms with van der Waals surface area (Å²) in [6, 6.07) is 9.93. The number of methoxy groups -OCH3 is 1. The quantitative estimate of drug-likeness (QED) is 0.789. The summed E-state index contributed by atoms with van der Waals surface area (Å²) in [7, 11) is 3.42. The Bertz CT molecular complexity index is 758. The number of ether oxygens (including phenoxy) is 1. The molecule has 0 unspecified atom stereocenters. The van der Waals surface area contributed by atoms with Gasteiger partial charge < -0.3 is 10.1 Å². The van der Waals surface area contributed by atoms with Gasteiger partial charge in [0, 0.05) is 12.4 Å². The molecule has 100 valence electrons. The first-order valence-electron chi connectivity index (χ1n) is 6.26. The van der Waals surface area contributed by atoms with Crippen molar-refractivity contribution in [3.05, 3.63) is 42.7 Å². The van der Waals surface area contributed by atoms with Gasteiger partial charge in [0.25, 0.3) is 0 Å². The van der Waals surface area contributed by atoms with E-state index in [1.54, 1.807) is 19.5 Å². The van der Waals surface area contributed by atoms with Crippen LogP contribution in [0.4, 0.5) is 5.82 Å². The highest BCUT2D eigenvalue weighted by atomic mass is 16.5. The van der Waals surface area contributed by atoms with Crippen LogP contribution in [0.2, 0.25) is 0 Å². The minimum absolute atomic E-state index is 0.547. The zero-order chi connectivity index (χ0) is 13.9. The number of anilines is 1. The smallest absolute Gasteiger partial charge is 0.223 e. The molecular weight excluding hydrogens is 252 g/mol. The Kier molecular flexibility index (Phi) is 3.16. The largest absolute Gasteiger partial charge is 0.480 e. The van der Waals surface area contributed by atoms with Crippen molar-refractivity contribution in [2.24, 2.45) is 0 Å². The molecule has 0 spiro atoms. The standard InChI is InChI=1S/C15H14N4O/c1-16-14-9-17-8-13(18-14)11-7-10-5-3-4-6-12(10)19-15(11)20-2/h3-9H,1-2H3,(H,16,18). The fourth-order valence-electron chi connectivity index (χ4n) is 2.05. The van der Waals surface area contributed by atoms with Crippen LogP contribution >= 0.6 is 0 Å². The molecule has 0 amide bonds. The fraction of sp³-hybridized carbons (Fsp3) is 0.133. The number of aromatic nitrogens is 3.